The zero-order valence-electron chi connectivity index (χ0n) is 5.94. The monoisotopic (exact) mass is 156 g/mol. The predicted octanol–water partition coefficient (Wildman–Crippen LogP) is 0.658. The van der Waals surface area contributed by atoms with Crippen LogP contribution in [0, 0.1) is 0 Å². The fraction of sp³-hybridized carbons (Fsp3) is 0.143. The molecule has 0 heterocycles. The number of allylic oxidation sites excluding steroid dienone is 3. The summed E-state index contributed by atoms with van der Waals surface area (Å²) in [5.74, 6) is -2.42. The average molecular weight is 156 g/mol. The van der Waals surface area contributed by atoms with Gasteiger partial charge in [0.25, 0.3) is 0 Å². The fourth-order valence-corrected chi connectivity index (χ4v) is 0.346. The molecule has 0 rings (SSSR count). The molecule has 0 aliphatic heterocycles. The van der Waals surface area contributed by atoms with E-state index in [1.165, 1.54) is 13.0 Å². The van der Waals surface area contributed by atoms with Gasteiger partial charge in [-0.1, -0.05) is 6.08 Å². The first-order chi connectivity index (χ1) is 5.04. The van der Waals surface area contributed by atoms with Gasteiger partial charge in [0.15, 0.2) is 5.78 Å². The van der Waals surface area contributed by atoms with Crippen LogP contribution in [0.25, 0.3) is 0 Å². The molecule has 4 nitrogen and oxygen atoms in total. The van der Waals surface area contributed by atoms with Crippen LogP contribution in [0.4, 0.5) is 0 Å². The smallest absolute Gasteiger partial charge is 0.370 e. The first-order valence-corrected chi connectivity index (χ1v) is 2.85. The van der Waals surface area contributed by atoms with E-state index in [0.717, 1.165) is 12.2 Å². The number of rotatable bonds is 3. The minimum atomic E-state index is -1.42. The second-order valence-corrected chi connectivity index (χ2v) is 1.83. The van der Waals surface area contributed by atoms with Crippen LogP contribution < -0.4 is 0 Å². The van der Waals surface area contributed by atoms with Gasteiger partial charge in [-0.2, -0.15) is 0 Å². The lowest BCUT2D eigenvalue weighted by Crippen LogP contribution is -1.97. The van der Waals surface area contributed by atoms with Crippen LogP contribution in [-0.2, 0) is 9.59 Å². The van der Waals surface area contributed by atoms with Gasteiger partial charge in [-0.3, -0.25) is 4.79 Å². The van der Waals surface area contributed by atoms with Crippen molar-refractivity contribution in [3.63, 3.8) is 0 Å². The highest BCUT2D eigenvalue weighted by Crippen LogP contribution is 1.88. The number of carboxylic acids is 1. The van der Waals surface area contributed by atoms with E-state index in [-0.39, 0.29) is 5.78 Å². The molecule has 0 spiro atoms. The van der Waals surface area contributed by atoms with E-state index in [1.54, 1.807) is 0 Å². The summed E-state index contributed by atoms with van der Waals surface area (Å²) in [5.41, 5.74) is 0. The van der Waals surface area contributed by atoms with Gasteiger partial charge in [0.2, 0.25) is 5.76 Å². The number of carbonyl (C=O) groups is 2. The lowest BCUT2D eigenvalue weighted by molar-refractivity contribution is -0.135. The zero-order valence-corrected chi connectivity index (χ0v) is 5.94. The summed E-state index contributed by atoms with van der Waals surface area (Å²) in [7, 11) is 0. The van der Waals surface area contributed by atoms with Crippen LogP contribution in [0.15, 0.2) is 24.0 Å². The number of hydrogen-bond acceptors (Lipinski definition) is 3. The molecule has 0 atom stereocenters. The summed E-state index contributed by atoms with van der Waals surface area (Å²) in [4.78, 5) is 20.2. The van der Waals surface area contributed by atoms with Crippen LogP contribution in [0.3, 0.4) is 0 Å². The molecule has 0 aromatic rings. The summed E-state index contributed by atoms with van der Waals surface area (Å²) >= 11 is 0. The number of aliphatic hydroxyl groups excluding tert-OH is 1. The van der Waals surface area contributed by atoms with E-state index in [2.05, 4.69) is 0 Å². The van der Waals surface area contributed by atoms with Crippen LogP contribution in [-0.4, -0.2) is 22.0 Å². The normalized spacial score (nSPS) is 11.9. The molecule has 4 heteroatoms. The molecule has 0 radical (unpaired) electrons. The van der Waals surface area contributed by atoms with Crippen LogP contribution in [0.2, 0.25) is 0 Å². The molecule has 0 aromatic carbocycles. The Balaban J connectivity index is 4.13. The van der Waals surface area contributed by atoms with Gasteiger partial charge in [0.1, 0.15) is 0 Å². The van der Waals surface area contributed by atoms with E-state index in [4.69, 9.17) is 10.2 Å². The Morgan fingerprint density at radius 3 is 2.18 bits per heavy atom. The number of ketones is 1. The molecule has 0 bridgehead atoms. The quantitative estimate of drug-likeness (QED) is 0.357. The minimum Gasteiger partial charge on any atom is -0.502 e. The van der Waals surface area contributed by atoms with Crippen molar-refractivity contribution in [3.8, 4) is 0 Å². The van der Waals surface area contributed by atoms with E-state index >= 15 is 0 Å². The van der Waals surface area contributed by atoms with Crippen molar-refractivity contribution in [2.45, 2.75) is 6.92 Å². The Kier molecular flexibility index (Phi) is 3.66. The topological polar surface area (TPSA) is 74.6 Å². The van der Waals surface area contributed by atoms with Crippen molar-refractivity contribution < 1.29 is 19.8 Å². The second kappa shape index (κ2) is 4.27. The largest absolute Gasteiger partial charge is 0.502 e. The molecule has 2 N–H and O–H groups in total. The molecule has 0 saturated heterocycles. The number of aliphatic hydroxyl groups is 1. The Hall–Kier alpha value is -1.58. The Labute approximate surface area is 63.5 Å². The number of carboxylic acid groups (broad SMARTS) is 1. The van der Waals surface area contributed by atoms with Crippen LogP contribution >= 0.6 is 0 Å². The van der Waals surface area contributed by atoms with Crippen molar-refractivity contribution in [1.82, 2.24) is 0 Å². The molecular weight excluding hydrogens is 148 g/mol. The standard InChI is InChI=1S/C7H8O4/c1-5(8)3-2-4-6(9)7(10)11/h2-4,9H,1H3,(H,10,11)/b3-2+,6-4+. The van der Waals surface area contributed by atoms with Crippen LogP contribution in [0.1, 0.15) is 6.92 Å². The first kappa shape index (κ1) is 9.42. The van der Waals surface area contributed by atoms with Gasteiger partial charge in [-0.25, -0.2) is 4.79 Å². The maximum atomic E-state index is 10.2. The average Bonchev–Trinajstić information content (AvgIpc) is 1.86. The van der Waals surface area contributed by atoms with Gasteiger partial charge in [-0.15, -0.1) is 0 Å². The number of carbonyl (C=O) groups excluding carboxylic acids is 1. The van der Waals surface area contributed by atoms with Gasteiger partial charge >= 0.3 is 5.97 Å². The molecule has 0 unspecified atom stereocenters. The van der Waals surface area contributed by atoms with Gasteiger partial charge in [0, 0.05) is 0 Å². The molecule has 0 aliphatic rings. The zero-order chi connectivity index (χ0) is 8.85. The Morgan fingerprint density at radius 1 is 1.27 bits per heavy atom. The van der Waals surface area contributed by atoms with Crippen molar-refractivity contribution in [1.29, 1.82) is 0 Å². The SMILES string of the molecule is CC(=O)/C=C/C=C(/O)C(=O)O. The molecule has 0 aliphatic carbocycles. The van der Waals surface area contributed by atoms with E-state index in [1.807, 2.05) is 0 Å². The lowest BCUT2D eigenvalue weighted by atomic mass is 10.3. The minimum absolute atomic E-state index is 0.209. The molecule has 0 aromatic heterocycles. The predicted molar refractivity (Wildman–Crippen MR) is 38.2 cm³/mol. The van der Waals surface area contributed by atoms with Gasteiger partial charge < -0.3 is 10.2 Å². The highest BCUT2D eigenvalue weighted by molar-refractivity contribution is 5.88. The van der Waals surface area contributed by atoms with E-state index in [0.29, 0.717) is 0 Å². The molecule has 60 valence electrons. The van der Waals surface area contributed by atoms with Crippen molar-refractivity contribution in [3.05, 3.63) is 24.0 Å². The third kappa shape index (κ3) is 4.90. The Morgan fingerprint density at radius 2 is 1.82 bits per heavy atom. The van der Waals surface area contributed by atoms with E-state index in [9.17, 15) is 9.59 Å². The Bertz CT molecular complexity index is 225. The van der Waals surface area contributed by atoms with Crippen LogP contribution in [0.5, 0.6) is 0 Å². The number of hydrogen-bond donors (Lipinski definition) is 2. The fourth-order valence-electron chi connectivity index (χ4n) is 0.346. The molecule has 11 heavy (non-hydrogen) atoms. The maximum absolute atomic E-state index is 10.2. The molecule has 0 saturated carbocycles. The highest BCUT2D eigenvalue weighted by Gasteiger charge is 1.99. The first-order valence-electron chi connectivity index (χ1n) is 2.85. The van der Waals surface area contributed by atoms with Crippen molar-refractivity contribution in [2.24, 2.45) is 0 Å². The lowest BCUT2D eigenvalue weighted by Gasteiger charge is -1.85. The summed E-state index contributed by atoms with van der Waals surface area (Å²) in [5, 5.41) is 16.6. The van der Waals surface area contributed by atoms with Gasteiger partial charge in [0.05, 0.1) is 0 Å². The highest BCUT2D eigenvalue weighted by atomic mass is 16.4. The molecule has 0 amide bonds. The van der Waals surface area contributed by atoms with Crippen molar-refractivity contribution >= 4 is 11.8 Å². The van der Waals surface area contributed by atoms with E-state index < -0.39 is 11.7 Å². The third-order valence-corrected chi connectivity index (χ3v) is 0.804. The summed E-state index contributed by atoms with van der Waals surface area (Å²) < 4.78 is 0. The van der Waals surface area contributed by atoms with Crippen molar-refractivity contribution in [2.75, 3.05) is 0 Å². The number of aliphatic carboxylic acids is 1. The maximum Gasteiger partial charge on any atom is 0.370 e. The third-order valence-electron chi connectivity index (χ3n) is 0.804. The molecule has 0 fully saturated rings. The molecular formula is C7H8O4. The second-order valence-electron chi connectivity index (χ2n) is 1.83. The van der Waals surface area contributed by atoms with Gasteiger partial charge in [-0.05, 0) is 19.1 Å². The summed E-state index contributed by atoms with van der Waals surface area (Å²) in [6.07, 6.45) is 3.26. The summed E-state index contributed by atoms with van der Waals surface area (Å²) in [6.45, 7) is 1.32. The summed E-state index contributed by atoms with van der Waals surface area (Å²) in [6, 6.07) is 0.